The van der Waals surface area contributed by atoms with Gasteiger partial charge in [-0.3, -0.25) is 9.88 Å². The second kappa shape index (κ2) is 12.4. The van der Waals surface area contributed by atoms with Gasteiger partial charge in [-0.25, -0.2) is 4.79 Å². The summed E-state index contributed by atoms with van der Waals surface area (Å²) in [4.78, 5) is 23.6. The van der Waals surface area contributed by atoms with Crippen LogP contribution in [0.1, 0.15) is 20.8 Å². The number of pyridine rings is 1. The lowest BCUT2D eigenvalue weighted by Gasteiger charge is -2.48. The normalized spacial score (nSPS) is 16.4. The molecule has 2 aliphatic rings. The Kier molecular flexibility index (Phi) is 8.70. The zero-order chi connectivity index (χ0) is 29.0. The molecule has 0 spiro atoms. The molecule has 41 heavy (non-hydrogen) atoms. The number of nitrogens with zero attached hydrogens (tertiary/aromatic N) is 4. The topological polar surface area (TPSA) is 88.6 Å². The summed E-state index contributed by atoms with van der Waals surface area (Å²) in [5.74, 6) is 1.42. The maximum absolute atomic E-state index is 12.3. The molecule has 2 fully saturated rings. The van der Waals surface area contributed by atoms with Crippen molar-refractivity contribution in [2.75, 3.05) is 76.9 Å². The quantitative estimate of drug-likeness (QED) is 0.371. The van der Waals surface area contributed by atoms with E-state index in [-0.39, 0.29) is 6.09 Å². The largest absolute Gasteiger partial charge is 0.494 e. The third-order valence-electron chi connectivity index (χ3n) is 7.43. The van der Waals surface area contributed by atoms with Crippen molar-refractivity contribution in [2.24, 2.45) is 0 Å². The summed E-state index contributed by atoms with van der Waals surface area (Å²) >= 11 is 0. The highest BCUT2D eigenvalue weighted by molar-refractivity contribution is 5.95. The molecule has 0 radical (unpaired) electrons. The van der Waals surface area contributed by atoms with Crippen LogP contribution in [0.15, 0.2) is 48.7 Å². The van der Waals surface area contributed by atoms with E-state index in [2.05, 4.69) is 38.3 Å². The molecule has 2 aromatic carbocycles. The monoisotopic (exact) mass is 563 g/mol. The van der Waals surface area contributed by atoms with Crippen LogP contribution in [-0.4, -0.2) is 99.2 Å². The van der Waals surface area contributed by atoms with Crippen LogP contribution in [0, 0.1) is 0 Å². The molecular weight excluding hydrogens is 522 g/mol. The van der Waals surface area contributed by atoms with Crippen LogP contribution in [0.4, 0.5) is 21.9 Å². The number of ether oxygens (including phenoxy) is 4. The third kappa shape index (κ3) is 6.94. The molecule has 0 bridgehead atoms. The molecule has 10 heteroatoms. The van der Waals surface area contributed by atoms with Crippen LogP contribution >= 0.6 is 0 Å². The zero-order valence-electron chi connectivity index (χ0n) is 24.7. The number of nitrogens with one attached hydrogen (secondary N) is 1. The summed E-state index contributed by atoms with van der Waals surface area (Å²) in [6.45, 7) is 12.0. The van der Waals surface area contributed by atoms with Gasteiger partial charge in [-0.15, -0.1) is 0 Å². The maximum atomic E-state index is 12.3. The second-order valence-electron chi connectivity index (χ2n) is 11.5. The van der Waals surface area contributed by atoms with Gasteiger partial charge in [0.15, 0.2) is 0 Å². The average Bonchev–Trinajstić information content (AvgIpc) is 2.92. The average molecular weight is 564 g/mol. The van der Waals surface area contributed by atoms with Crippen molar-refractivity contribution in [3.63, 3.8) is 0 Å². The number of piperazine rings is 1. The fourth-order valence-electron chi connectivity index (χ4n) is 5.20. The predicted molar refractivity (Wildman–Crippen MR) is 161 cm³/mol. The number of hydrogen-bond donors (Lipinski definition) is 1. The Morgan fingerprint density at radius 1 is 0.976 bits per heavy atom. The van der Waals surface area contributed by atoms with Gasteiger partial charge in [0.1, 0.15) is 23.7 Å². The van der Waals surface area contributed by atoms with Crippen molar-refractivity contribution in [3.8, 4) is 11.5 Å². The molecule has 10 nitrogen and oxygen atoms in total. The van der Waals surface area contributed by atoms with Gasteiger partial charge in [0.25, 0.3) is 0 Å². The SMILES string of the molecule is COCCOc1ccc(Nc2ccnc3cc(N4CCN(C5CN(C(=O)OC(C)(C)C)C5)CC4)ccc23)c(OC)c1. The Bertz CT molecular complexity index is 1350. The van der Waals surface area contributed by atoms with Gasteiger partial charge in [0, 0.05) is 81.4 Å². The van der Waals surface area contributed by atoms with Crippen molar-refractivity contribution in [1.29, 1.82) is 0 Å². The van der Waals surface area contributed by atoms with E-state index >= 15 is 0 Å². The number of anilines is 3. The van der Waals surface area contributed by atoms with E-state index in [4.69, 9.17) is 18.9 Å². The number of methoxy groups -OCH3 is 2. The van der Waals surface area contributed by atoms with E-state index in [1.165, 1.54) is 5.69 Å². The molecule has 220 valence electrons. The van der Waals surface area contributed by atoms with E-state index < -0.39 is 5.60 Å². The number of carbonyl (C=O) groups is 1. The number of benzene rings is 2. The predicted octanol–water partition coefficient (Wildman–Crippen LogP) is 4.75. The van der Waals surface area contributed by atoms with Crippen LogP contribution in [-0.2, 0) is 9.47 Å². The maximum Gasteiger partial charge on any atom is 0.410 e. The first kappa shape index (κ1) is 28.8. The van der Waals surface area contributed by atoms with Gasteiger partial charge in [0.2, 0.25) is 0 Å². The summed E-state index contributed by atoms with van der Waals surface area (Å²) < 4.78 is 21.9. The Balaban J connectivity index is 1.19. The van der Waals surface area contributed by atoms with Gasteiger partial charge >= 0.3 is 6.09 Å². The lowest BCUT2D eigenvalue weighted by molar-refractivity contribution is -0.0162. The summed E-state index contributed by atoms with van der Waals surface area (Å²) in [5.41, 5.74) is 3.44. The Hall–Kier alpha value is -3.76. The Labute approximate surface area is 242 Å². The van der Waals surface area contributed by atoms with Crippen molar-refractivity contribution >= 4 is 34.1 Å². The van der Waals surface area contributed by atoms with Crippen molar-refractivity contribution < 1.29 is 23.7 Å². The Morgan fingerprint density at radius 3 is 2.46 bits per heavy atom. The number of carbonyl (C=O) groups excluding carboxylic acids is 1. The highest BCUT2D eigenvalue weighted by Crippen LogP contribution is 2.35. The van der Waals surface area contributed by atoms with Crippen LogP contribution in [0.25, 0.3) is 10.9 Å². The molecule has 1 N–H and O–H groups in total. The number of hydrogen-bond acceptors (Lipinski definition) is 9. The van der Waals surface area contributed by atoms with Crippen LogP contribution in [0.2, 0.25) is 0 Å². The van der Waals surface area contributed by atoms with E-state index in [0.717, 1.165) is 67.3 Å². The highest BCUT2D eigenvalue weighted by atomic mass is 16.6. The smallest absolute Gasteiger partial charge is 0.410 e. The second-order valence-corrected chi connectivity index (χ2v) is 11.5. The van der Waals surface area contributed by atoms with Gasteiger partial charge in [-0.1, -0.05) is 0 Å². The number of amides is 1. The minimum Gasteiger partial charge on any atom is -0.494 e. The fraction of sp³-hybridized carbons (Fsp3) is 0.484. The van der Waals surface area contributed by atoms with Crippen molar-refractivity contribution in [3.05, 3.63) is 48.7 Å². The molecule has 0 unspecified atom stereocenters. The first-order chi connectivity index (χ1) is 19.7. The van der Waals surface area contributed by atoms with E-state index in [0.29, 0.717) is 25.0 Å². The van der Waals surface area contributed by atoms with Crippen molar-refractivity contribution in [2.45, 2.75) is 32.4 Å². The molecule has 3 aromatic rings. The van der Waals surface area contributed by atoms with E-state index in [1.807, 2.05) is 51.2 Å². The third-order valence-corrected chi connectivity index (χ3v) is 7.43. The lowest BCUT2D eigenvalue weighted by atomic mass is 10.1. The highest BCUT2D eigenvalue weighted by Gasteiger charge is 2.38. The van der Waals surface area contributed by atoms with Crippen molar-refractivity contribution in [1.82, 2.24) is 14.8 Å². The van der Waals surface area contributed by atoms with E-state index in [1.54, 1.807) is 19.1 Å². The molecular formula is C31H41N5O5. The molecule has 2 aliphatic heterocycles. The molecule has 2 saturated heterocycles. The number of fused-ring (bicyclic) bond motifs is 1. The summed E-state index contributed by atoms with van der Waals surface area (Å²) in [6, 6.07) is 14.6. The van der Waals surface area contributed by atoms with Gasteiger partial charge < -0.3 is 34.1 Å². The zero-order valence-corrected chi connectivity index (χ0v) is 24.7. The molecule has 0 saturated carbocycles. The number of rotatable bonds is 9. The fourth-order valence-corrected chi connectivity index (χ4v) is 5.20. The van der Waals surface area contributed by atoms with Gasteiger partial charge in [-0.2, -0.15) is 0 Å². The first-order valence-electron chi connectivity index (χ1n) is 14.2. The molecule has 0 atom stereocenters. The molecule has 0 aliphatic carbocycles. The number of likely N-dealkylation sites (tertiary alicyclic amines) is 1. The minimum absolute atomic E-state index is 0.215. The summed E-state index contributed by atoms with van der Waals surface area (Å²) in [6.07, 6.45) is 1.61. The Morgan fingerprint density at radius 2 is 1.76 bits per heavy atom. The molecule has 1 amide bonds. The summed E-state index contributed by atoms with van der Waals surface area (Å²) in [5, 5.41) is 4.55. The lowest BCUT2D eigenvalue weighted by Crippen LogP contribution is -2.64. The van der Waals surface area contributed by atoms with Gasteiger partial charge in [0.05, 0.1) is 24.9 Å². The van der Waals surface area contributed by atoms with Crippen LogP contribution in [0.5, 0.6) is 11.5 Å². The first-order valence-corrected chi connectivity index (χ1v) is 14.2. The standard InChI is InChI=1S/C31H41N5O5/c1-31(2,3)41-30(37)36-20-23(21-36)35-14-12-34(13-15-35)22-6-8-25-26(10-11-32-28(25)18-22)33-27-9-7-24(19-29(27)39-5)40-17-16-38-4/h6-11,18-19,23H,12-17,20-21H2,1-5H3,(H,32,33). The number of aromatic nitrogens is 1. The minimum atomic E-state index is -0.461. The molecule has 3 heterocycles. The van der Waals surface area contributed by atoms with Crippen LogP contribution < -0.4 is 19.7 Å². The molecule has 1 aromatic heterocycles. The van der Waals surface area contributed by atoms with E-state index in [9.17, 15) is 4.79 Å². The van der Waals surface area contributed by atoms with Crippen LogP contribution in [0.3, 0.4) is 0 Å². The van der Waals surface area contributed by atoms with Gasteiger partial charge in [-0.05, 0) is 57.2 Å². The molecule has 5 rings (SSSR count). The summed E-state index contributed by atoms with van der Waals surface area (Å²) in [7, 11) is 3.30.